The van der Waals surface area contributed by atoms with Crippen molar-refractivity contribution in [2.24, 2.45) is 0 Å². The van der Waals surface area contributed by atoms with Crippen LogP contribution in [0.1, 0.15) is 0 Å². The van der Waals surface area contributed by atoms with Crippen molar-refractivity contribution in [3.05, 3.63) is 4.93 Å². The molecule has 34 valence electrons. The molecule has 0 saturated heterocycles. The van der Waals surface area contributed by atoms with E-state index >= 15 is 0 Å². The molecule has 0 unspecified atom stereocenters. The summed E-state index contributed by atoms with van der Waals surface area (Å²) < 4.78 is 0. The summed E-state index contributed by atoms with van der Waals surface area (Å²) in [6, 6.07) is 0. The van der Waals surface area contributed by atoms with Gasteiger partial charge in [-0.05, 0) is 0 Å². The van der Waals surface area contributed by atoms with E-state index in [1.165, 1.54) is 0 Å². The summed E-state index contributed by atoms with van der Waals surface area (Å²) in [7, 11) is 0. The van der Waals surface area contributed by atoms with Gasteiger partial charge in [0.25, 0.3) is 0 Å². The van der Waals surface area contributed by atoms with Gasteiger partial charge in [-0.1, -0.05) is 0 Å². The first-order valence-electron chi connectivity index (χ1n) is 0.267. The molecule has 0 rings (SSSR count). The fourth-order valence-corrected chi connectivity index (χ4v) is 0. The molecule has 0 aliphatic carbocycles. The molecule has 0 heterocycles. The van der Waals surface area contributed by atoms with Crippen LogP contribution >= 0.6 is 22.6 Å². The van der Waals surface area contributed by atoms with E-state index in [1.807, 2.05) is 22.6 Å². The van der Waals surface area contributed by atoms with Crippen LogP contribution in [0.5, 0.6) is 0 Å². The Labute approximate surface area is 100 Å². The summed E-state index contributed by atoms with van der Waals surface area (Å²) in [5.41, 5.74) is 0. The molecular weight excluding hydrogens is 343 g/mol. The molecule has 0 saturated carbocycles. The van der Waals surface area contributed by atoms with Gasteiger partial charge < -0.3 is 22.6 Å². The van der Waals surface area contributed by atoms with Crippen LogP contribution in [0.25, 0.3) is 0 Å². The van der Waals surface area contributed by atoms with E-state index in [0.717, 1.165) is 0 Å². The second-order valence-corrected chi connectivity index (χ2v) is 0. The summed E-state index contributed by atoms with van der Waals surface area (Å²) in [4.78, 5) is 3.22. The molecule has 0 spiro atoms. The molecule has 5 heteroatoms. The molecule has 0 fully saturated rings. The predicted molar refractivity (Wildman–Crippen MR) is 19.4 cm³/mol. The first kappa shape index (κ1) is 35.7. The van der Waals surface area contributed by atoms with Crippen molar-refractivity contribution in [1.82, 2.24) is 0 Å². The van der Waals surface area contributed by atoms with Crippen molar-refractivity contribution in [2.75, 3.05) is 0 Å². The van der Waals surface area contributed by atoms with Gasteiger partial charge in [0.05, 0.1) is 0 Å². The van der Waals surface area contributed by atoms with Crippen molar-refractivity contribution in [1.29, 1.82) is 0 Å². The van der Waals surface area contributed by atoms with Crippen LogP contribution in [-0.2, 0) is 74.2 Å². The number of hydrogen-bond acceptors (Lipinski definition) is 0. The molecular formula is CH2IV4-. The van der Waals surface area contributed by atoms with Gasteiger partial charge in [0.2, 0.25) is 0 Å². The quantitative estimate of drug-likeness (QED) is 0.458. The van der Waals surface area contributed by atoms with Crippen molar-refractivity contribution in [3.63, 3.8) is 0 Å². The number of rotatable bonds is 0. The zero-order valence-corrected chi connectivity index (χ0v) is 10.6. The number of halogens is 1. The predicted octanol–water partition coefficient (Wildman–Crippen LogP) is 1.20. The molecule has 0 bridgehead atoms. The van der Waals surface area contributed by atoms with Crippen molar-refractivity contribution < 1.29 is 74.2 Å². The van der Waals surface area contributed by atoms with Crippen LogP contribution in [0.3, 0.4) is 0 Å². The average molecular weight is 345 g/mol. The summed E-state index contributed by atoms with van der Waals surface area (Å²) in [5, 5.41) is 0. The van der Waals surface area contributed by atoms with Gasteiger partial charge in [-0.15, -0.1) is 0 Å². The minimum atomic E-state index is 0. The molecule has 6 heavy (non-hydrogen) atoms. The van der Waals surface area contributed by atoms with Gasteiger partial charge in [0.1, 0.15) is 0 Å². The Kier molecular flexibility index (Phi) is 255. The fraction of sp³-hybridized carbons (Fsp3) is 0. The molecule has 0 aromatic heterocycles. The molecule has 0 aliphatic heterocycles. The minimum Gasteiger partial charge on any atom is -0.319 e. The first-order chi connectivity index (χ1) is 1.00. The zero-order chi connectivity index (χ0) is 2.00. The normalized spacial score (nSPS) is 1.00. The summed E-state index contributed by atoms with van der Waals surface area (Å²) in [6.07, 6.45) is 0. The standard InChI is InChI=1S/CH2I.4V/c1-2;;;;/h1H2;;;;/q-1;;;;. The Hall–Kier alpha value is 3.07. The Balaban J connectivity index is -0.000000000833. The molecule has 0 aliphatic rings. The SMILES string of the molecule is [CH2-]I.[V].[V].[V].[V]. The molecule has 0 atom stereocenters. The van der Waals surface area contributed by atoms with Crippen molar-refractivity contribution >= 4 is 22.6 Å². The molecule has 0 aromatic rings. The van der Waals surface area contributed by atoms with Crippen molar-refractivity contribution in [3.8, 4) is 0 Å². The molecule has 0 nitrogen and oxygen atoms in total. The maximum absolute atomic E-state index is 3.22. The summed E-state index contributed by atoms with van der Waals surface area (Å²) in [6.45, 7) is 0. The Morgan fingerprint density at radius 1 is 0.667 bits per heavy atom. The molecule has 0 N–H and O–H groups in total. The van der Waals surface area contributed by atoms with E-state index in [9.17, 15) is 0 Å². The monoisotopic (exact) mass is 345 g/mol. The van der Waals surface area contributed by atoms with Gasteiger partial charge >= 0.3 is 0 Å². The van der Waals surface area contributed by atoms with Crippen LogP contribution in [-0.4, -0.2) is 0 Å². The van der Waals surface area contributed by atoms with Crippen LogP contribution in [0, 0.1) is 4.93 Å². The maximum Gasteiger partial charge on any atom is 0 e. The average Bonchev–Trinajstić information content (AvgIpc) is 1.00. The molecule has 0 aromatic carbocycles. The van der Waals surface area contributed by atoms with E-state index in [0.29, 0.717) is 0 Å². The third-order valence-electron chi connectivity index (χ3n) is 0. The zero-order valence-electron chi connectivity index (χ0n) is 2.87. The van der Waals surface area contributed by atoms with Gasteiger partial charge in [0.15, 0.2) is 0 Å². The molecule has 0 amide bonds. The Bertz CT molecular complexity index is 7.51. The second-order valence-electron chi connectivity index (χ2n) is 0. The molecule has 4 radical (unpaired) electrons. The first-order valence-corrected chi connectivity index (χ1v) is 1.79. The van der Waals surface area contributed by atoms with E-state index in [2.05, 4.69) is 4.93 Å². The topological polar surface area (TPSA) is 0 Å². The Morgan fingerprint density at radius 3 is 0.667 bits per heavy atom. The van der Waals surface area contributed by atoms with Crippen LogP contribution in [0.15, 0.2) is 0 Å². The van der Waals surface area contributed by atoms with E-state index in [-0.39, 0.29) is 74.2 Å². The smallest absolute Gasteiger partial charge is 0 e. The van der Waals surface area contributed by atoms with Gasteiger partial charge in [-0.3, -0.25) is 4.93 Å². The third kappa shape index (κ3) is 27.7. The van der Waals surface area contributed by atoms with E-state index in [4.69, 9.17) is 0 Å². The Morgan fingerprint density at radius 2 is 0.667 bits per heavy atom. The van der Waals surface area contributed by atoms with E-state index < -0.39 is 0 Å². The van der Waals surface area contributed by atoms with Gasteiger partial charge in [-0.2, -0.15) is 0 Å². The van der Waals surface area contributed by atoms with Crippen LogP contribution in [0.2, 0.25) is 0 Å². The summed E-state index contributed by atoms with van der Waals surface area (Å²) >= 11 is 1.90. The van der Waals surface area contributed by atoms with Crippen molar-refractivity contribution in [2.45, 2.75) is 0 Å². The van der Waals surface area contributed by atoms with Crippen LogP contribution in [0.4, 0.5) is 0 Å². The number of hydrogen-bond donors (Lipinski definition) is 0. The second kappa shape index (κ2) is 42.8. The van der Waals surface area contributed by atoms with E-state index in [1.54, 1.807) is 0 Å². The largest absolute Gasteiger partial charge is 0.319 e. The van der Waals surface area contributed by atoms with Gasteiger partial charge in [0, 0.05) is 74.2 Å². The maximum atomic E-state index is 3.22. The minimum absolute atomic E-state index is 0. The fourth-order valence-electron chi connectivity index (χ4n) is 0. The third-order valence-corrected chi connectivity index (χ3v) is 0. The van der Waals surface area contributed by atoms with Crippen LogP contribution < -0.4 is 0 Å². The van der Waals surface area contributed by atoms with Gasteiger partial charge in [-0.25, -0.2) is 0 Å². The summed E-state index contributed by atoms with van der Waals surface area (Å²) in [5.74, 6) is 0.